The normalized spacial score (nSPS) is 13.2. The first-order valence-corrected chi connectivity index (χ1v) is 10.2. The van der Waals surface area contributed by atoms with Crippen molar-refractivity contribution < 1.29 is 23.5 Å². The quantitative estimate of drug-likeness (QED) is 0.554. The van der Waals surface area contributed by atoms with Crippen LogP contribution >= 0.6 is 11.8 Å². The Morgan fingerprint density at radius 2 is 1.83 bits per heavy atom. The van der Waals surface area contributed by atoms with Crippen LogP contribution in [0.5, 0.6) is 0 Å². The van der Waals surface area contributed by atoms with E-state index in [9.17, 15) is 18.8 Å². The zero-order valence-corrected chi connectivity index (χ0v) is 16.5. The predicted molar refractivity (Wildman–Crippen MR) is 108 cm³/mol. The summed E-state index contributed by atoms with van der Waals surface area (Å²) in [5.74, 6) is -1.42. The number of hydrogen-bond acceptors (Lipinski definition) is 5. The molecule has 2 aromatic carbocycles. The number of halogens is 1. The van der Waals surface area contributed by atoms with Gasteiger partial charge in [0.25, 0.3) is 5.91 Å². The minimum atomic E-state index is -0.656. The molecule has 1 heterocycles. The first kappa shape index (κ1) is 20.9. The number of thioether (sulfide) groups is 1. The number of likely N-dealkylation sites (tertiary alicyclic amines) is 1. The van der Waals surface area contributed by atoms with Gasteiger partial charge in [-0.3, -0.25) is 9.59 Å². The molecule has 0 bridgehead atoms. The van der Waals surface area contributed by atoms with Gasteiger partial charge in [0.05, 0.1) is 11.3 Å². The maximum Gasteiger partial charge on any atom is 0.339 e. The van der Waals surface area contributed by atoms with E-state index in [-0.39, 0.29) is 17.3 Å². The first-order valence-electron chi connectivity index (χ1n) is 9.25. The van der Waals surface area contributed by atoms with Crippen molar-refractivity contribution in [3.8, 4) is 0 Å². The van der Waals surface area contributed by atoms with Gasteiger partial charge in [0.1, 0.15) is 5.82 Å². The van der Waals surface area contributed by atoms with Gasteiger partial charge in [0, 0.05) is 23.7 Å². The van der Waals surface area contributed by atoms with Crippen LogP contribution in [-0.4, -0.2) is 48.1 Å². The van der Waals surface area contributed by atoms with Crippen LogP contribution in [0, 0.1) is 5.82 Å². The number of esters is 1. The Morgan fingerprint density at radius 3 is 2.59 bits per heavy atom. The lowest BCUT2D eigenvalue weighted by Gasteiger charge is -2.15. The molecule has 0 unspecified atom stereocenters. The molecule has 1 fully saturated rings. The Balaban J connectivity index is 1.53. The molecular formula is C21H21FN2O4S. The Morgan fingerprint density at radius 1 is 1.07 bits per heavy atom. The van der Waals surface area contributed by atoms with E-state index in [2.05, 4.69) is 5.32 Å². The largest absolute Gasteiger partial charge is 0.452 e. The summed E-state index contributed by atoms with van der Waals surface area (Å²) in [6.07, 6.45) is 2.05. The van der Waals surface area contributed by atoms with Crippen molar-refractivity contribution in [1.29, 1.82) is 0 Å². The standard InChI is InChI=1S/C21H21FN2O4S/c22-15-6-5-7-16(12-15)23-19(25)13-28-21(27)17-8-1-2-9-18(17)29-14-20(26)24-10-3-4-11-24/h1-2,5-9,12H,3-4,10-11,13-14H2,(H,23,25). The molecule has 0 atom stereocenters. The van der Waals surface area contributed by atoms with E-state index in [1.54, 1.807) is 24.3 Å². The number of rotatable bonds is 7. The number of carbonyl (C=O) groups is 3. The van der Waals surface area contributed by atoms with Crippen LogP contribution in [0.3, 0.4) is 0 Å². The number of nitrogens with one attached hydrogen (secondary N) is 1. The van der Waals surface area contributed by atoms with Gasteiger partial charge in [0.15, 0.2) is 6.61 Å². The summed E-state index contributed by atoms with van der Waals surface area (Å²) in [5.41, 5.74) is 0.577. The minimum absolute atomic E-state index is 0.0464. The van der Waals surface area contributed by atoms with Crippen molar-refractivity contribution in [3.63, 3.8) is 0 Å². The summed E-state index contributed by atoms with van der Waals surface area (Å²) in [6.45, 7) is 1.06. The van der Waals surface area contributed by atoms with Gasteiger partial charge in [-0.05, 0) is 43.2 Å². The van der Waals surface area contributed by atoms with Gasteiger partial charge in [-0.2, -0.15) is 0 Å². The highest BCUT2D eigenvalue weighted by Gasteiger charge is 2.20. The van der Waals surface area contributed by atoms with E-state index >= 15 is 0 Å². The second-order valence-corrected chi connectivity index (χ2v) is 7.52. The number of amides is 2. The molecule has 0 spiro atoms. The maximum absolute atomic E-state index is 13.2. The average molecular weight is 416 g/mol. The molecule has 0 radical (unpaired) electrons. The molecule has 2 amide bonds. The van der Waals surface area contributed by atoms with E-state index in [1.807, 2.05) is 4.90 Å². The second-order valence-electron chi connectivity index (χ2n) is 6.51. The van der Waals surface area contributed by atoms with E-state index in [4.69, 9.17) is 4.74 Å². The summed E-state index contributed by atoms with van der Waals surface area (Å²) in [5, 5.41) is 2.46. The zero-order valence-electron chi connectivity index (χ0n) is 15.7. The van der Waals surface area contributed by atoms with Crippen molar-refractivity contribution in [2.24, 2.45) is 0 Å². The van der Waals surface area contributed by atoms with Crippen LogP contribution in [0.15, 0.2) is 53.4 Å². The molecule has 1 saturated heterocycles. The van der Waals surface area contributed by atoms with Crippen LogP contribution in [0.1, 0.15) is 23.2 Å². The Bertz CT molecular complexity index is 900. The zero-order chi connectivity index (χ0) is 20.6. The Labute approximate surface area is 172 Å². The monoisotopic (exact) mass is 416 g/mol. The third-order valence-electron chi connectivity index (χ3n) is 4.36. The van der Waals surface area contributed by atoms with Gasteiger partial charge < -0.3 is 15.0 Å². The third-order valence-corrected chi connectivity index (χ3v) is 5.42. The lowest BCUT2D eigenvalue weighted by Crippen LogP contribution is -2.29. The maximum atomic E-state index is 13.2. The summed E-state index contributed by atoms with van der Waals surface area (Å²) in [4.78, 5) is 39.0. The molecule has 2 aromatic rings. The predicted octanol–water partition coefficient (Wildman–Crippen LogP) is 3.34. The molecule has 0 saturated carbocycles. The van der Waals surface area contributed by atoms with Crippen molar-refractivity contribution >= 4 is 35.2 Å². The molecule has 8 heteroatoms. The third kappa shape index (κ3) is 6.05. The molecular weight excluding hydrogens is 395 g/mol. The number of nitrogens with zero attached hydrogens (tertiary/aromatic N) is 1. The molecule has 0 aromatic heterocycles. The lowest BCUT2D eigenvalue weighted by atomic mass is 10.2. The van der Waals surface area contributed by atoms with Crippen molar-refractivity contribution in [3.05, 3.63) is 59.9 Å². The van der Waals surface area contributed by atoms with Gasteiger partial charge in [-0.1, -0.05) is 18.2 Å². The van der Waals surface area contributed by atoms with E-state index in [1.165, 1.54) is 36.0 Å². The molecule has 1 aliphatic heterocycles. The Hall–Kier alpha value is -2.87. The molecule has 1 aliphatic rings. The molecule has 1 N–H and O–H groups in total. The SMILES string of the molecule is O=C(COC(=O)c1ccccc1SCC(=O)N1CCCC1)Nc1cccc(F)c1. The minimum Gasteiger partial charge on any atom is -0.452 e. The summed E-state index contributed by atoms with van der Waals surface area (Å²) in [6, 6.07) is 12.2. The van der Waals surface area contributed by atoms with Gasteiger partial charge >= 0.3 is 5.97 Å². The smallest absolute Gasteiger partial charge is 0.339 e. The second kappa shape index (κ2) is 10.1. The van der Waals surface area contributed by atoms with Gasteiger partial charge in [-0.25, -0.2) is 9.18 Å². The van der Waals surface area contributed by atoms with Crippen molar-refractivity contribution in [1.82, 2.24) is 4.90 Å². The number of anilines is 1. The summed E-state index contributed by atoms with van der Waals surface area (Å²) in [7, 11) is 0. The molecule has 0 aliphatic carbocycles. The highest BCUT2D eigenvalue weighted by Crippen LogP contribution is 2.24. The van der Waals surface area contributed by atoms with Crippen molar-refractivity contribution in [2.75, 3.05) is 30.8 Å². The molecule has 152 valence electrons. The summed E-state index contributed by atoms with van der Waals surface area (Å²) >= 11 is 1.27. The number of ether oxygens (including phenoxy) is 1. The summed E-state index contributed by atoms with van der Waals surface area (Å²) < 4.78 is 18.2. The van der Waals surface area contributed by atoms with E-state index < -0.39 is 24.3 Å². The van der Waals surface area contributed by atoms with Crippen LogP contribution in [0.4, 0.5) is 10.1 Å². The number of benzene rings is 2. The van der Waals surface area contributed by atoms with E-state index in [0.29, 0.717) is 10.5 Å². The Kier molecular flexibility index (Phi) is 7.24. The fraction of sp³-hybridized carbons (Fsp3) is 0.286. The molecule has 3 rings (SSSR count). The number of carbonyl (C=O) groups excluding carboxylic acids is 3. The number of hydrogen-bond donors (Lipinski definition) is 1. The van der Waals surface area contributed by atoms with E-state index in [0.717, 1.165) is 25.9 Å². The van der Waals surface area contributed by atoms with Crippen LogP contribution < -0.4 is 5.32 Å². The molecule has 29 heavy (non-hydrogen) atoms. The van der Waals surface area contributed by atoms with Crippen LogP contribution in [-0.2, 0) is 14.3 Å². The fourth-order valence-electron chi connectivity index (χ4n) is 2.93. The first-order chi connectivity index (χ1) is 14.0. The highest BCUT2D eigenvalue weighted by atomic mass is 32.2. The topological polar surface area (TPSA) is 75.7 Å². The van der Waals surface area contributed by atoms with Crippen LogP contribution in [0.25, 0.3) is 0 Å². The molecule has 6 nitrogen and oxygen atoms in total. The average Bonchev–Trinajstić information content (AvgIpc) is 3.25. The van der Waals surface area contributed by atoms with Crippen LogP contribution in [0.2, 0.25) is 0 Å². The highest BCUT2D eigenvalue weighted by molar-refractivity contribution is 8.00. The van der Waals surface area contributed by atoms with Gasteiger partial charge in [0.2, 0.25) is 5.91 Å². The van der Waals surface area contributed by atoms with Gasteiger partial charge in [-0.15, -0.1) is 11.8 Å². The van der Waals surface area contributed by atoms with Crippen molar-refractivity contribution in [2.45, 2.75) is 17.7 Å². The lowest BCUT2D eigenvalue weighted by molar-refractivity contribution is -0.127. The fourth-order valence-corrected chi connectivity index (χ4v) is 3.87.